The van der Waals surface area contributed by atoms with E-state index >= 15 is 0 Å². The lowest BCUT2D eigenvalue weighted by Crippen LogP contribution is -2.36. The first-order valence-electron chi connectivity index (χ1n) is 7.25. The average Bonchev–Trinajstić information content (AvgIpc) is 2.90. The minimum absolute atomic E-state index is 0.601. The van der Waals surface area contributed by atoms with Gasteiger partial charge in [-0.25, -0.2) is 0 Å². The molecule has 19 heavy (non-hydrogen) atoms. The first kappa shape index (κ1) is 16.6. The topological polar surface area (TPSA) is 24.5 Å². The Balaban J connectivity index is 2.02. The largest absolute Gasteiger partial charge is 0.382 e. The Labute approximate surface area is 122 Å². The highest BCUT2D eigenvalue weighted by molar-refractivity contribution is 7.09. The lowest BCUT2D eigenvalue weighted by Gasteiger charge is -2.24. The summed E-state index contributed by atoms with van der Waals surface area (Å²) in [5.74, 6) is 0. The van der Waals surface area contributed by atoms with Gasteiger partial charge in [0.2, 0.25) is 0 Å². The molecule has 1 heterocycles. The normalized spacial score (nSPS) is 13.1. The van der Waals surface area contributed by atoms with Gasteiger partial charge in [-0.3, -0.25) is 0 Å². The van der Waals surface area contributed by atoms with E-state index in [9.17, 15) is 0 Å². The van der Waals surface area contributed by atoms with Crippen LogP contribution in [0.25, 0.3) is 0 Å². The zero-order valence-electron chi connectivity index (χ0n) is 12.5. The third-order valence-corrected chi connectivity index (χ3v) is 4.22. The summed E-state index contributed by atoms with van der Waals surface area (Å²) >= 11 is 1.85. The van der Waals surface area contributed by atoms with Gasteiger partial charge in [-0.15, -0.1) is 11.3 Å². The monoisotopic (exact) mass is 284 g/mol. The zero-order valence-corrected chi connectivity index (χ0v) is 13.3. The summed E-state index contributed by atoms with van der Waals surface area (Å²) in [6, 6.07) is 4.96. The van der Waals surface area contributed by atoms with E-state index in [2.05, 4.69) is 41.7 Å². The molecule has 0 spiro atoms. The summed E-state index contributed by atoms with van der Waals surface area (Å²) in [5, 5.41) is 5.62. The van der Waals surface area contributed by atoms with Gasteiger partial charge in [0, 0.05) is 37.2 Å². The van der Waals surface area contributed by atoms with Crippen LogP contribution in [0.2, 0.25) is 0 Å². The summed E-state index contributed by atoms with van der Waals surface area (Å²) in [7, 11) is 2.21. The summed E-state index contributed by atoms with van der Waals surface area (Å²) in [6.07, 6.45) is 2.25. The molecular weight excluding hydrogens is 256 g/mol. The van der Waals surface area contributed by atoms with E-state index in [0.717, 1.165) is 45.7 Å². The highest BCUT2D eigenvalue weighted by atomic mass is 32.1. The molecule has 1 atom stereocenters. The van der Waals surface area contributed by atoms with Gasteiger partial charge in [0.15, 0.2) is 0 Å². The van der Waals surface area contributed by atoms with Crippen molar-refractivity contribution < 1.29 is 4.74 Å². The van der Waals surface area contributed by atoms with Gasteiger partial charge in [-0.2, -0.15) is 0 Å². The number of hydrogen-bond donors (Lipinski definition) is 1. The van der Waals surface area contributed by atoms with Crippen molar-refractivity contribution in [2.24, 2.45) is 0 Å². The quantitative estimate of drug-likeness (QED) is 0.632. The molecule has 1 rings (SSSR count). The van der Waals surface area contributed by atoms with Crippen LogP contribution in [0, 0.1) is 0 Å². The van der Waals surface area contributed by atoms with E-state index in [4.69, 9.17) is 4.74 Å². The summed E-state index contributed by atoms with van der Waals surface area (Å²) in [5.41, 5.74) is 0. The minimum atomic E-state index is 0.601. The van der Waals surface area contributed by atoms with E-state index in [0.29, 0.717) is 6.04 Å². The van der Waals surface area contributed by atoms with Gasteiger partial charge in [0.1, 0.15) is 0 Å². The smallest absolute Gasteiger partial charge is 0.0477 e. The second-order valence-corrected chi connectivity index (χ2v) is 5.95. The summed E-state index contributed by atoms with van der Waals surface area (Å²) < 4.78 is 5.31. The van der Waals surface area contributed by atoms with E-state index < -0.39 is 0 Å². The van der Waals surface area contributed by atoms with Crippen LogP contribution in [-0.4, -0.2) is 50.8 Å². The predicted octanol–water partition coefficient (Wildman–Crippen LogP) is 2.63. The van der Waals surface area contributed by atoms with E-state index in [1.54, 1.807) is 0 Å². The molecule has 1 N–H and O–H groups in total. The first-order chi connectivity index (χ1) is 9.24. The SMILES string of the molecule is CCOCCCNCCN(C)C(C)Cc1cccs1. The fourth-order valence-corrected chi connectivity index (χ4v) is 2.75. The second-order valence-electron chi connectivity index (χ2n) is 4.91. The van der Waals surface area contributed by atoms with Crippen LogP contribution >= 0.6 is 11.3 Å². The molecule has 3 nitrogen and oxygen atoms in total. The van der Waals surface area contributed by atoms with Crippen molar-refractivity contribution in [2.75, 3.05) is 39.9 Å². The molecule has 0 amide bonds. The van der Waals surface area contributed by atoms with Crippen molar-refractivity contribution in [1.82, 2.24) is 10.2 Å². The number of nitrogens with zero attached hydrogens (tertiary/aromatic N) is 1. The van der Waals surface area contributed by atoms with Gasteiger partial charge in [-0.05, 0) is 51.7 Å². The highest BCUT2D eigenvalue weighted by Gasteiger charge is 2.09. The molecule has 1 aromatic heterocycles. The summed E-state index contributed by atoms with van der Waals surface area (Å²) in [4.78, 5) is 3.90. The molecule has 0 saturated heterocycles. The molecule has 0 aliphatic carbocycles. The van der Waals surface area contributed by atoms with Crippen LogP contribution in [0.3, 0.4) is 0 Å². The maximum absolute atomic E-state index is 5.31. The Hall–Kier alpha value is -0.420. The van der Waals surface area contributed by atoms with Gasteiger partial charge < -0.3 is 15.0 Å². The summed E-state index contributed by atoms with van der Waals surface area (Å²) in [6.45, 7) is 9.23. The van der Waals surface area contributed by atoms with Crippen LogP contribution < -0.4 is 5.32 Å². The Bertz CT molecular complexity index is 303. The Morgan fingerprint density at radius 2 is 2.26 bits per heavy atom. The molecular formula is C15H28N2OS. The standard InChI is InChI=1S/C15H28N2OS/c1-4-18-11-6-8-16-9-10-17(3)14(2)13-15-7-5-12-19-15/h5,7,12,14,16H,4,6,8-11,13H2,1-3H3. The lowest BCUT2D eigenvalue weighted by atomic mass is 10.2. The van der Waals surface area contributed by atoms with Crippen molar-refractivity contribution >= 4 is 11.3 Å². The van der Waals surface area contributed by atoms with Gasteiger partial charge in [-0.1, -0.05) is 6.07 Å². The lowest BCUT2D eigenvalue weighted by molar-refractivity contribution is 0.144. The number of likely N-dealkylation sites (N-methyl/N-ethyl adjacent to an activating group) is 1. The third kappa shape index (κ3) is 7.67. The minimum Gasteiger partial charge on any atom is -0.382 e. The van der Waals surface area contributed by atoms with Crippen LogP contribution in [0.1, 0.15) is 25.1 Å². The molecule has 1 unspecified atom stereocenters. The predicted molar refractivity (Wildman–Crippen MR) is 84.1 cm³/mol. The van der Waals surface area contributed by atoms with Crippen LogP contribution in [0.15, 0.2) is 17.5 Å². The molecule has 1 aromatic rings. The first-order valence-corrected chi connectivity index (χ1v) is 8.13. The molecule has 0 radical (unpaired) electrons. The van der Waals surface area contributed by atoms with Crippen molar-refractivity contribution in [2.45, 2.75) is 32.7 Å². The number of ether oxygens (including phenoxy) is 1. The van der Waals surface area contributed by atoms with Crippen molar-refractivity contribution in [1.29, 1.82) is 0 Å². The average molecular weight is 284 g/mol. The van der Waals surface area contributed by atoms with Crippen LogP contribution in [0.5, 0.6) is 0 Å². The number of nitrogens with one attached hydrogen (secondary N) is 1. The number of thiophene rings is 1. The fourth-order valence-electron chi connectivity index (χ4n) is 1.92. The van der Waals surface area contributed by atoms with Gasteiger partial charge in [0.05, 0.1) is 0 Å². The van der Waals surface area contributed by atoms with E-state index in [1.807, 2.05) is 18.3 Å². The maximum Gasteiger partial charge on any atom is 0.0477 e. The van der Waals surface area contributed by atoms with Gasteiger partial charge in [0.25, 0.3) is 0 Å². The number of hydrogen-bond acceptors (Lipinski definition) is 4. The molecule has 0 fully saturated rings. The van der Waals surface area contributed by atoms with Crippen LogP contribution in [-0.2, 0) is 11.2 Å². The van der Waals surface area contributed by atoms with Gasteiger partial charge >= 0.3 is 0 Å². The Morgan fingerprint density at radius 1 is 1.42 bits per heavy atom. The molecule has 0 saturated carbocycles. The van der Waals surface area contributed by atoms with Crippen molar-refractivity contribution in [3.63, 3.8) is 0 Å². The number of rotatable bonds is 11. The van der Waals surface area contributed by atoms with E-state index in [-0.39, 0.29) is 0 Å². The van der Waals surface area contributed by atoms with Crippen LogP contribution in [0.4, 0.5) is 0 Å². The zero-order chi connectivity index (χ0) is 13.9. The van der Waals surface area contributed by atoms with Crippen molar-refractivity contribution in [3.05, 3.63) is 22.4 Å². The Morgan fingerprint density at radius 3 is 2.95 bits per heavy atom. The molecule has 0 aromatic carbocycles. The second kappa shape index (κ2) is 10.4. The highest BCUT2D eigenvalue weighted by Crippen LogP contribution is 2.13. The third-order valence-electron chi connectivity index (χ3n) is 3.32. The Kier molecular flexibility index (Phi) is 9.08. The molecule has 0 aliphatic rings. The molecule has 4 heteroatoms. The van der Waals surface area contributed by atoms with Crippen molar-refractivity contribution in [3.8, 4) is 0 Å². The fraction of sp³-hybridized carbons (Fsp3) is 0.733. The van der Waals surface area contributed by atoms with E-state index in [1.165, 1.54) is 4.88 Å². The molecule has 0 bridgehead atoms. The maximum atomic E-state index is 5.31. The molecule has 110 valence electrons. The molecule has 0 aliphatic heterocycles.